The van der Waals surface area contributed by atoms with Gasteiger partial charge in [0.25, 0.3) is 17.5 Å². The highest BCUT2D eigenvalue weighted by Gasteiger charge is 2.52. The molecule has 0 saturated carbocycles. The first-order chi connectivity index (χ1) is 19.3. The van der Waals surface area contributed by atoms with E-state index in [1.165, 1.54) is 57.2 Å². The van der Waals surface area contributed by atoms with Crippen LogP contribution in [0.5, 0.6) is 0 Å². The monoisotopic (exact) mass is 578 g/mol. The molecule has 1 N–H and O–H groups in total. The summed E-state index contributed by atoms with van der Waals surface area (Å²) in [6, 6.07) is 14.6. The third kappa shape index (κ3) is 5.77. The van der Waals surface area contributed by atoms with Gasteiger partial charge in [-0.15, -0.1) is 0 Å². The summed E-state index contributed by atoms with van der Waals surface area (Å²) in [7, 11) is 0. The number of nitro benzene ring substituents is 1. The number of likely N-dealkylation sites (tertiary alicyclic amines) is 2. The van der Waals surface area contributed by atoms with Crippen molar-refractivity contribution in [3.05, 3.63) is 98.2 Å². The molecular formula is C28H26N4O6S2. The molecule has 10 nitrogen and oxygen atoms in total. The molecule has 12 heteroatoms. The number of hydrogen-bond donors (Lipinski definition) is 1. The lowest BCUT2D eigenvalue weighted by Gasteiger charge is -2.28. The number of Topliss-reactive ketones (excluding diaryl/α,β-unsaturated/α-hetero) is 1. The average molecular weight is 579 g/mol. The maximum Gasteiger partial charge on any atom is 0.269 e. The molecule has 5 rings (SSSR count). The first-order valence-electron chi connectivity index (χ1n) is 12.7. The number of nitrogens with one attached hydrogen (secondary N) is 1. The third-order valence-corrected chi connectivity index (χ3v) is 8.86. The number of nitrogens with zero attached hydrogens (tertiary/aromatic N) is 3. The van der Waals surface area contributed by atoms with E-state index in [4.69, 9.17) is 0 Å². The zero-order valence-electron chi connectivity index (χ0n) is 21.3. The fourth-order valence-electron chi connectivity index (χ4n) is 5.11. The molecule has 2 fully saturated rings. The molecule has 0 spiro atoms. The lowest BCUT2D eigenvalue weighted by Crippen LogP contribution is -2.53. The Balaban J connectivity index is 1.30. The predicted octanol–water partition coefficient (Wildman–Crippen LogP) is 3.38. The number of carbonyl (C=O) groups excluding carboxylic acids is 4. The number of thioether (sulfide) groups is 1. The number of ketones is 1. The fraction of sp³-hybridized carbons (Fsp3) is 0.286. The first kappa shape index (κ1) is 27.5. The van der Waals surface area contributed by atoms with Crippen molar-refractivity contribution >= 4 is 52.3 Å². The van der Waals surface area contributed by atoms with Gasteiger partial charge in [0.2, 0.25) is 5.91 Å². The summed E-state index contributed by atoms with van der Waals surface area (Å²) in [4.78, 5) is 66.4. The number of amides is 3. The van der Waals surface area contributed by atoms with E-state index in [0.717, 1.165) is 5.56 Å². The van der Waals surface area contributed by atoms with Gasteiger partial charge in [0.15, 0.2) is 5.78 Å². The maximum absolute atomic E-state index is 13.8. The number of non-ortho nitro benzene ring substituents is 1. The largest absolute Gasteiger partial charge is 0.339 e. The van der Waals surface area contributed by atoms with Crippen molar-refractivity contribution in [3.63, 3.8) is 0 Å². The third-order valence-electron chi connectivity index (χ3n) is 7.07. The van der Waals surface area contributed by atoms with Crippen LogP contribution in [0.2, 0.25) is 0 Å². The van der Waals surface area contributed by atoms with Crippen LogP contribution in [0.4, 0.5) is 5.69 Å². The number of benzene rings is 2. The van der Waals surface area contributed by atoms with Gasteiger partial charge in [-0.3, -0.25) is 29.3 Å². The molecule has 2 unspecified atom stereocenters. The number of thiophene rings is 1. The number of rotatable bonds is 9. The molecule has 0 bridgehead atoms. The predicted molar refractivity (Wildman–Crippen MR) is 151 cm³/mol. The normalized spacial score (nSPS) is 18.9. The summed E-state index contributed by atoms with van der Waals surface area (Å²) >= 11 is 2.90. The summed E-state index contributed by atoms with van der Waals surface area (Å²) in [5.74, 6) is -0.395. The molecule has 2 aromatic carbocycles. The van der Waals surface area contributed by atoms with E-state index in [0.29, 0.717) is 23.5 Å². The van der Waals surface area contributed by atoms with E-state index in [1.54, 1.807) is 16.8 Å². The molecule has 0 radical (unpaired) electrons. The van der Waals surface area contributed by atoms with Gasteiger partial charge in [-0.25, -0.2) is 0 Å². The van der Waals surface area contributed by atoms with Crippen molar-refractivity contribution in [1.82, 2.24) is 15.1 Å². The maximum atomic E-state index is 13.8. The number of fused-ring (bicyclic) bond motifs is 1. The molecule has 206 valence electrons. The second-order valence-electron chi connectivity index (χ2n) is 9.57. The Labute approximate surface area is 238 Å². The van der Waals surface area contributed by atoms with Crippen LogP contribution >= 0.6 is 23.1 Å². The van der Waals surface area contributed by atoms with Crippen molar-refractivity contribution in [2.24, 2.45) is 0 Å². The van der Waals surface area contributed by atoms with Gasteiger partial charge >= 0.3 is 0 Å². The van der Waals surface area contributed by atoms with Gasteiger partial charge in [-0.1, -0.05) is 30.3 Å². The minimum absolute atomic E-state index is 0.134. The Morgan fingerprint density at radius 3 is 2.48 bits per heavy atom. The zero-order valence-corrected chi connectivity index (χ0v) is 22.9. The Morgan fingerprint density at radius 1 is 1.05 bits per heavy atom. The average Bonchev–Trinajstić information content (AvgIpc) is 3.72. The van der Waals surface area contributed by atoms with Crippen LogP contribution in [0.1, 0.15) is 32.7 Å². The van der Waals surface area contributed by atoms with E-state index < -0.39 is 29.0 Å². The van der Waals surface area contributed by atoms with E-state index in [9.17, 15) is 29.3 Å². The van der Waals surface area contributed by atoms with Gasteiger partial charge in [-0.05, 0) is 35.6 Å². The minimum Gasteiger partial charge on any atom is -0.339 e. The van der Waals surface area contributed by atoms with E-state index >= 15 is 0 Å². The van der Waals surface area contributed by atoms with Crippen LogP contribution in [0.25, 0.3) is 0 Å². The molecular weight excluding hydrogens is 552 g/mol. The fourth-order valence-corrected chi connectivity index (χ4v) is 6.75. The Morgan fingerprint density at radius 2 is 1.80 bits per heavy atom. The van der Waals surface area contributed by atoms with Gasteiger partial charge in [0.1, 0.15) is 12.1 Å². The van der Waals surface area contributed by atoms with Crippen LogP contribution in [-0.2, 0) is 15.3 Å². The highest BCUT2D eigenvalue weighted by atomic mass is 32.2. The van der Waals surface area contributed by atoms with Crippen LogP contribution in [0.3, 0.4) is 0 Å². The number of nitro groups is 1. The molecule has 1 aromatic heterocycles. The summed E-state index contributed by atoms with van der Waals surface area (Å²) in [6.07, 6.45) is 0.420. The number of carbonyl (C=O) groups is 4. The molecule has 3 amide bonds. The topological polar surface area (TPSA) is 130 Å². The van der Waals surface area contributed by atoms with Gasteiger partial charge in [0.05, 0.1) is 23.1 Å². The molecule has 3 aromatic rings. The van der Waals surface area contributed by atoms with E-state index in [2.05, 4.69) is 5.32 Å². The molecule has 2 aliphatic rings. The molecule has 0 aliphatic carbocycles. The van der Waals surface area contributed by atoms with Crippen LogP contribution < -0.4 is 5.32 Å². The van der Waals surface area contributed by atoms with Crippen LogP contribution in [0, 0.1) is 10.1 Å². The SMILES string of the molecule is O=C(NC(CSCc1ccccc1)C(=O)N1CC[C@@H]2C1C(=O)CN2C(=O)c1ccc([N+](=O)[O-])cc1)c1ccsc1. The second-order valence-corrected chi connectivity index (χ2v) is 11.4. The Kier molecular flexibility index (Phi) is 8.27. The summed E-state index contributed by atoms with van der Waals surface area (Å²) in [6.45, 7) is 0.127. The lowest BCUT2D eigenvalue weighted by molar-refractivity contribution is -0.384. The van der Waals surface area contributed by atoms with Crippen molar-refractivity contribution in [2.75, 3.05) is 18.8 Å². The minimum atomic E-state index is -0.855. The van der Waals surface area contributed by atoms with Crippen molar-refractivity contribution in [1.29, 1.82) is 0 Å². The molecule has 2 aliphatic heterocycles. The van der Waals surface area contributed by atoms with Gasteiger partial charge in [0, 0.05) is 41.1 Å². The van der Waals surface area contributed by atoms with Crippen LogP contribution in [0.15, 0.2) is 71.4 Å². The molecule has 40 heavy (non-hydrogen) atoms. The van der Waals surface area contributed by atoms with Gasteiger partial charge < -0.3 is 15.1 Å². The molecule has 3 heterocycles. The highest BCUT2D eigenvalue weighted by molar-refractivity contribution is 7.98. The zero-order chi connectivity index (χ0) is 28.2. The van der Waals surface area contributed by atoms with Crippen molar-refractivity contribution < 1.29 is 24.1 Å². The highest BCUT2D eigenvalue weighted by Crippen LogP contribution is 2.32. The summed E-state index contributed by atoms with van der Waals surface area (Å²) in [5.41, 5.74) is 1.66. The standard InChI is InChI=1S/C28H26N4O6S2/c33-24-14-31(27(35)19-6-8-21(9-7-19)32(37)38)23-10-12-30(25(23)24)28(36)22(29-26(34)20-11-13-39-16-20)17-40-15-18-4-2-1-3-5-18/h1-9,11,13,16,22-23,25H,10,12,14-15,17H2,(H,29,34)/t22?,23-,25?/m1/s1. The molecule has 3 atom stereocenters. The van der Waals surface area contributed by atoms with E-state index in [1.807, 2.05) is 30.3 Å². The second kappa shape index (κ2) is 12.0. The van der Waals surface area contributed by atoms with Gasteiger partial charge in [-0.2, -0.15) is 23.1 Å². The van der Waals surface area contributed by atoms with Crippen LogP contribution in [-0.4, -0.2) is 75.2 Å². The quantitative estimate of drug-likeness (QED) is 0.304. The number of hydrogen-bond acceptors (Lipinski definition) is 8. The Hall–Kier alpha value is -4.03. The summed E-state index contributed by atoms with van der Waals surface area (Å²) < 4.78 is 0. The lowest BCUT2D eigenvalue weighted by atomic mass is 10.1. The molecule has 2 saturated heterocycles. The first-order valence-corrected chi connectivity index (χ1v) is 14.8. The van der Waals surface area contributed by atoms with E-state index in [-0.39, 0.29) is 41.9 Å². The van der Waals surface area contributed by atoms with Crippen molar-refractivity contribution in [3.8, 4) is 0 Å². The Bertz CT molecular complexity index is 1410. The summed E-state index contributed by atoms with van der Waals surface area (Å²) in [5, 5.41) is 17.3. The smallest absolute Gasteiger partial charge is 0.269 e. The van der Waals surface area contributed by atoms with Crippen molar-refractivity contribution in [2.45, 2.75) is 30.3 Å².